The van der Waals surface area contributed by atoms with E-state index in [1.165, 1.54) is 6.08 Å². The standard InChI is InChI=1S/C25H22O4S/c1-15(2)21-22-19(26)13-20(29-14-16-8-5-4-6-9-16)24(27)23(22)25(21)30-18-11-7-10-17(12-18)28-3/h4-13,25H,14H2,1-3H3. The fraction of sp³-hybridized carbons (Fsp3) is 0.200. The zero-order valence-corrected chi connectivity index (χ0v) is 17.9. The Hall–Kier alpha value is -3.05. The van der Waals surface area contributed by atoms with Crippen LogP contribution in [-0.4, -0.2) is 23.9 Å². The Morgan fingerprint density at radius 3 is 2.50 bits per heavy atom. The number of carbonyl (C=O) groups is 2. The summed E-state index contributed by atoms with van der Waals surface area (Å²) in [6.07, 6.45) is 1.33. The molecule has 30 heavy (non-hydrogen) atoms. The van der Waals surface area contributed by atoms with Gasteiger partial charge >= 0.3 is 0 Å². The van der Waals surface area contributed by atoms with Gasteiger partial charge in [0.05, 0.1) is 12.4 Å². The summed E-state index contributed by atoms with van der Waals surface area (Å²) in [4.78, 5) is 27.0. The molecule has 0 aromatic heterocycles. The smallest absolute Gasteiger partial charge is 0.225 e. The van der Waals surface area contributed by atoms with E-state index in [1.807, 2.05) is 68.4 Å². The number of thioether (sulfide) groups is 1. The van der Waals surface area contributed by atoms with Crippen molar-refractivity contribution in [2.24, 2.45) is 0 Å². The Morgan fingerprint density at radius 2 is 1.80 bits per heavy atom. The molecule has 2 aromatic carbocycles. The number of ether oxygens (including phenoxy) is 2. The van der Waals surface area contributed by atoms with Crippen LogP contribution in [0.2, 0.25) is 0 Å². The van der Waals surface area contributed by atoms with Gasteiger partial charge in [-0.05, 0) is 43.2 Å². The summed E-state index contributed by atoms with van der Waals surface area (Å²) in [6, 6.07) is 17.3. The molecule has 0 fully saturated rings. The molecule has 4 rings (SSSR count). The lowest BCUT2D eigenvalue weighted by atomic mass is 9.73. The van der Waals surface area contributed by atoms with Gasteiger partial charge in [-0.3, -0.25) is 9.59 Å². The van der Waals surface area contributed by atoms with E-state index >= 15 is 0 Å². The van der Waals surface area contributed by atoms with E-state index in [-0.39, 0.29) is 29.2 Å². The lowest BCUT2D eigenvalue weighted by Crippen LogP contribution is -2.38. The summed E-state index contributed by atoms with van der Waals surface area (Å²) in [6.45, 7) is 4.19. The summed E-state index contributed by atoms with van der Waals surface area (Å²) in [5, 5.41) is -0.197. The molecule has 5 heteroatoms. The molecule has 0 aliphatic heterocycles. The van der Waals surface area contributed by atoms with Gasteiger partial charge in [0.15, 0.2) is 11.5 Å². The topological polar surface area (TPSA) is 52.6 Å². The molecule has 0 heterocycles. The molecule has 152 valence electrons. The minimum Gasteiger partial charge on any atom is -0.497 e. The average Bonchev–Trinajstić information content (AvgIpc) is 2.73. The Balaban J connectivity index is 1.60. The third-order valence-electron chi connectivity index (χ3n) is 5.11. The summed E-state index contributed by atoms with van der Waals surface area (Å²) in [5.74, 6) is 0.508. The first-order chi connectivity index (χ1) is 14.5. The molecule has 0 amide bonds. The van der Waals surface area contributed by atoms with E-state index in [9.17, 15) is 9.59 Å². The van der Waals surface area contributed by atoms with Gasteiger partial charge in [0.1, 0.15) is 12.4 Å². The Morgan fingerprint density at radius 1 is 1.03 bits per heavy atom. The van der Waals surface area contributed by atoms with Crippen LogP contribution in [0, 0.1) is 0 Å². The van der Waals surface area contributed by atoms with Crippen LogP contribution in [0.15, 0.2) is 93.6 Å². The number of benzene rings is 2. The lowest BCUT2D eigenvalue weighted by Gasteiger charge is -2.37. The number of methoxy groups -OCH3 is 1. The van der Waals surface area contributed by atoms with Crippen molar-refractivity contribution in [3.8, 4) is 5.75 Å². The van der Waals surface area contributed by atoms with Crippen LogP contribution in [0.1, 0.15) is 19.4 Å². The van der Waals surface area contributed by atoms with Crippen LogP contribution in [-0.2, 0) is 20.9 Å². The molecule has 4 nitrogen and oxygen atoms in total. The van der Waals surface area contributed by atoms with Gasteiger partial charge in [-0.2, -0.15) is 0 Å². The maximum absolute atomic E-state index is 13.2. The van der Waals surface area contributed by atoms with Gasteiger partial charge in [0.2, 0.25) is 5.78 Å². The van der Waals surface area contributed by atoms with E-state index in [1.54, 1.807) is 18.9 Å². The zero-order chi connectivity index (χ0) is 21.3. The van der Waals surface area contributed by atoms with Gasteiger partial charge in [-0.25, -0.2) is 0 Å². The summed E-state index contributed by atoms with van der Waals surface area (Å²) >= 11 is 1.55. The predicted octanol–water partition coefficient (Wildman–Crippen LogP) is 5.06. The molecule has 1 atom stereocenters. The van der Waals surface area contributed by atoms with E-state index in [0.29, 0.717) is 11.1 Å². The molecule has 2 aliphatic carbocycles. The van der Waals surface area contributed by atoms with Crippen molar-refractivity contribution in [1.82, 2.24) is 0 Å². The summed E-state index contributed by atoms with van der Waals surface area (Å²) < 4.78 is 11.1. The molecular formula is C25H22O4S. The summed E-state index contributed by atoms with van der Waals surface area (Å²) in [5.41, 5.74) is 3.99. The first kappa shape index (κ1) is 20.2. The van der Waals surface area contributed by atoms with E-state index in [0.717, 1.165) is 27.4 Å². The fourth-order valence-corrected chi connectivity index (χ4v) is 5.07. The molecule has 0 bridgehead atoms. The largest absolute Gasteiger partial charge is 0.497 e. The van der Waals surface area contributed by atoms with Crippen molar-refractivity contribution >= 4 is 23.3 Å². The Kier molecular flexibility index (Phi) is 5.64. The first-order valence-corrected chi connectivity index (χ1v) is 10.6. The van der Waals surface area contributed by atoms with Crippen LogP contribution in [0.4, 0.5) is 0 Å². The Bertz CT molecular complexity index is 1100. The molecule has 0 spiro atoms. The molecule has 0 N–H and O–H groups in total. The zero-order valence-electron chi connectivity index (χ0n) is 17.1. The molecular weight excluding hydrogens is 396 g/mol. The minimum absolute atomic E-state index is 0.117. The molecule has 2 aromatic rings. The highest BCUT2D eigenvalue weighted by molar-refractivity contribution is 8.00. The van der Waals surface area contributed by atoms with Crippen molar-refractivity contribution in [1.29, 1.82) is 0 Å². The van der Waals surface area contributed by atoms with E-state index in [4.69, 9.17) is 9.47 Å². The second-order valence-corrected chi connectivity index (χ2v) is 8.53. The number of allylic oxidation sites excluding steroid dienone is 4. The number of Topliss-reactive ketones (excluding diaryl/α,β-unsaturated/α-hetero) is 1. The maximum Gasteiger partial charge on any atom is 0.225 e. The van der Waals surface area contributed by atoms with Gasteiger partial charge in [-0.1, -0.05) is 42.0 Å². The number of rotatable bonds is 6. The van der Waals surface area contributed by atoms with Crippen molar-refractivity contribution in [3.63, 3.8) is 0 Å². The van der Waals surface area contributed by atoms with E-state index < -0.39 is 0 Å². The lowest BCUT2D eigenvalue weighted by molar-refractivity contribution is -0.119. The SMILES string of the molecule is COc1cccc(SC2C(=C(C)C)C3=C2C(=O)C(OCc2ccccc2)=CC3=O)c1. The van der Waals surface area contributed by atoms with Crippen molar-refractivity contribution < 1.29 is 19.1 Å². The second kappa shape index (κ2) is 8.36. The molecule has 0 saturated heterocycles. The van der Waals surface area contributed by atoms with Crippen molar-refractivity contribution in [3.05, 3.63) is 94.3 Å². The molecule has 2 aliphatic rings. The fourth-order valence-electron chi connectivity index (χ4n) is 3.64. The maximum atomic E-state index is 13.2. The van der Waals surface area contributed by atoms with Crippen LogP contribution in [0.3, 0.4) is 0 Å². The molecule has 0 radical (unpaired) electrons. The number of ketones is 2. The van der Waals surface area contributed by atoms with Gasteiger partial charge in [0, 0.05) is 22.1 Å². The second-order valence-electron chi connectivity index (χ2n) is 7.36. The van der Waals surface area contributed by atoms with Gasteiger partial charge in [-0.15, -0.1) is 11.8 Å². The average molecular weight is 419 g/mol. The van der Waals surface area contributed by atoms with Crippen LogP contribution >= 0.6 is 11.8 Å². The number of hydrogen-bond acceptors (Lipinski definition) is 5. The third-order valence-corrected chi connectivity index (χ3v) is 6.34. The number of carbonyl (C=O) groups excluding carboxylic acids is 2. The number of hydrogen-bond donors (Lipinski definition) is 0. The predicted molar refractivity (Wildman–Crippen MR) is 117 cm³/mol. The highest BCUT2D eigenvalue weighted by atomic mass is 32.2. The van der Waals surface area contributed by atoms with Crippen molar-refractivity contribution in [2.45, 2.75) is 30.6 Å². The monoisotopic (exact) mass is 418 g/mol. The first-order valence-electron chi connectivity index (χ1n) is 9.69. The minimum atomic E-state index is -0.203. The van der Waals surface area contributed by atoms with E-state index in [2.05, 4.69) is 0 Å². The van der Waals surface area contributed by atoms with Gasteiger partial charge in [0.25, 0.3) is 0 Å². The van der Waals surface area contributed by atoms with Crippen molar-refractivity contribution in [2.75, 3.05) is 7.11 Å². The molecule has 1 unspecified atom stereocenters. The highest BCUT2D eigenvalue weighted by Crippen LogP contribution is 2.50. The normalized spacial score (nSPS) is 17.9. The molecule has 0 saturated carbocycles. The van der Waals surface area contributed by atoms with Gasteiger partial charge < -0.3 is 9.47 Å². The third kappa shape index (κ3) is 3.73. The highest BCUT2D eigenvalue weighted by Gasteiger charge is 2.46. The van der Waals surface area contributed by atoms with Crippen LogP contribution in [0.5, 0.6) is 5.75 Å². The summed E-state index contributed by atoms with van der Waals surface area (Å²) in [7, 11) is 1.62. The Labute approximate surface area is 180 Å². The van der Waals surface area contributed by atoms with Crippen LogP contribution in [0.25, 0.3) is 0 Å². The van der Waals surface area contributed by atoms with Crippen LogP contribution < -0.4 is 4.74 Å². The quantitative estimate of drug-likeness (QED) is 0.614.